The normalized spacial score (nSPS) is 13.2. The first kappa shape index (κ1) is 17.2. The Labute approximate surface area is 149 Å². The van der Waals surface area contributed by atoms with Crippen molar-refractivity contribution in [2.45, 2.75) is 18.9 Å². The molecule has 1 aliphatic carbocycles. The molecule has 0 saturated heterocycles. The Morgan fingerprint density at radius 3 is 2.52 bits per heavy atom. The van der Waals surface area contributed by atoms with Crippen LogP contribution in [0.5, 0.6) is 5.75 Å². The minimum absolute atomic E-state index is 0.0713. The van der Waals surface area contributed by atoms with Crippen molar-refractivity contribution >= 4 is 29.1 Å². The molecule has 0 aliphatic heterocycles. The Balaban J connectivity index is 1.50. The van der Waals surface area contributed by atoms with Crippen molar-refractivity contribution in [1.29, 1.82) is 0 Å². The van der Waals surface area contributed by atoms with E-state index in [0.29, 0.717) is 23.0 Å². The van der Waals surface area contributed by atoms with Crippen LogP contribution in [-0.4, -0.2) is 24.5 Å². The van der Waals surface area contributed by atoms with Crippen molar-refractivity contribution in [3.63, 3.8) is 0 Å². The molecule has 1 fully saturated rings. The first-order valence-corrected chi connectivity index (χ1v) is 8.18. The average Bonchev–Trinajstić information content (AvgIpc) is 3.40. The second kappa shape index (κ2) is 7.53. The summed E-state index contributed by atoms with van der Waals surface area (Å²) in [7, 11) is 0. The predicted molar refractivity (Wildman–Crippen MR) is 92.5 cm³/mol. The van der Waals surface area contributed by atoms with E-state index in [9.17, 15) is 14.0 Å². The van der Waals surface area contributed by atoms with Gasteiger partial charge < -0.3 is 15.4 Å². The summed E-state index contributed by atoms with van der Waals surface area (Å²) in [5, 5.41) is 5.48. The molecule has 0 unspecified atom stereocenters. The van der Waals surface area contributed by atoms with Crippen LogP contribution in [-0.2, 0) is 4.79 Å². The number of rotatable bonds is 6. The lowest BCUT2D eigenvalue weighted by atomic mass is 10.2. The van der Waals surface area contributed by atoms with Crippen LogP contribution in [0.25, 0.3) is 0 Å². The predicted octanol–water partition coefficient (Wildman–Crippen LogP) is 3.39. The molecule has 0 bridgehead atoms. The first-order chi connectivity index (χ1) is 12.0. The molecule has 5 nitrogen and oxygen atoms in total. The highest BCUT2D eigenvalue weighted by Crippen LogP contribution is 2.21. The molecule has 0 spiro atoms. The van der Waals surface area contributed by atoms with Crippen LogP contribution < -0.4 is 15.4 Å². The maximum absolute atomic E-state index is 13.1. The van der Waals surface area contributed by atoms with Gasteiger partial charge in [0.15, 0.2) is 6.61 Å². The van der Waals surface area contributed by atoms with Gasteiger partial charge in [-0.05, 0) is 49.2 Å². The highest BCUT2D eigenvalue weighted by atomic mass is 35.5. The molecule has 0 atom stereocenters. The van der Waals surface area contributed by atoms with Crippen molar-refractivity contribution in [2.24, 2.45) is 0 Å². The average molecular weight is 363 g/mol. The molecule has 0 aromatic heterocycles. The fourth-order valence-electron chi connectivity index (χ4n) is 2.11. The third-order valence-corrected chi connectivity index (χ3v) is 3.89. The zero-order valence-electron chi connectivity index (χ0n) is 13.2. The number of carbonyl (C=O) groups is 2. The SMILES string of the molecule is O=C(COc1ccc(F)c(Cl)c1)Nc1ccc(C(=O)NC2CC2)cc1. The van der Waals surface area contributed by atoms with Crippen molar-refractivity contribution in [3.8, 4) is 5.75 Å². The summed E-state index contributed by atoms with van der Waals surface area (Å²) in [6.07, 6.45) is 2.05. The lowest BCUT2D eigenvalue weighted by Crippen LogP contribution is -2.25. The third-order valence-electron chi connectivity index (χ3n) is 3.60. The molecule has 2 N–H and O–H groups in total. The summed E-state index contributed by atoms with van der Waals surface area (Å²) in [4.78, 5) is 23.8. The molecule has 2 aromatic rings. The summed E-state index contributed by atoms with van der Waals surface area (Å²) in [6.45, 7) is -0.244. The van der Waals surface area contributed by atoms with Crippen LogP contribution in [0.4, 0.5) is 10.1 Å². The van der Waals surface area contributed by atoms with E-state index >= 15 is 0 Å². The van der Waals surface area contributed by atoms with E-state index in [1.54, 1.807) is 24.3 Å². The van der Waals surface area contributed by atoms with Gasteiger partial charge in [0.05, 0.1) is 5.02 Å². The van der Waals surface area contributed by atoms with Crippen molar-refractivity contribution in [3.05, 3.63) is 58.9 Å². The van der Waals surface area contributed by atoms with Gasteiger partial charge in [-0.25, -0.2) is 4.39 Å². The summed E-state index contributed by atoms with van der Waals surface area (Å²) in [6, 6.07) is 10.7. The number of anilines is 1. The molecule has 0 radical (unpaired) electrons. The van der Waals surface area contributed by atoms with Gasteiger partial charge >= 0.3 is 0 Å². The van der Waals surface area contributed by atoms with Gasteiger partial charge in [0.25, 0.3) is 11.8 Å². The number of hydrogen-bond donors (Lipinski definition) is 2. The molecular formula is C18H16ClFN2O3. The quantitative estimate of drug-likeness (QED) is 0.827. The van der Waals surface area contributed by atoms with Crippen molar-refractivity contribution in [1.82, 2.24) is 5.32 Å². The van der Waals surface area contributed by atoms with E-state index in [0.717, 1.165) is 12.8 Å². The molecule has 3 rings (SSSR count). The highest BCUT2D eigenvalue weighted by Gasteiger charge is 2.23. The third kappa shape index (κ3) is 4.93. The van der Waals surface area contributed by atoms with E-state index in [4.69, 9.17) is 16.3 Å². The largest absolute Gasteiger partial charge is 0.484 e. The van der Waals surface area contributed by atoms with E-state index < -0.39 is 5.82 Å². The van der Waals surface area contributed by atoms with Crippen LogP contribution in [0, 0.1) is 5.82 Å². The van der Waals surface area contributed by atoms with Crippen LogP contribution in [0.3, 0.4) is 0 Å². The van der Waals surface area contributed by atoms with Gasteiger partial charge in [-0.3, -0.25) is 9.59 Å². The topological polar surface area (TPSA) is 67.4 Å². The first-order valence-electron chi connectivity index (χ1n) is 7.80. The Morgan fingerprint density at radius 1 is 1.16 bits per heavy atom. The Bertz CT molecular complexity index is 791. The smallest absolute Gasteiger partial charge is 0.262 e. The van der Waals surface area contributed by atoms with Gasteiger partial charge in [-0.2, -0.15) is 0 Å². The van der Waals surface area contributed by atoms with Gasteiger partial charge in [0, 0.05) is 23.4 Å². The van der Waals surface area contributed by atoms with E-state index in [2.05, 4.69) is 10.6 Å². The zero-order chi connectivity index (χ0) is 17.8. The zero-order valence-corrected chi connectivity index (χ0v) is 14.0. The minimum atomic E-state index is -0.552. The van der Waals surface area contributed by atoms with Crippen molar-refractivity contribution in [2.75, 3.05) is 11.9 Å². The van der Waals surface area contributed by atoms with Crippen LogP contribution in [0.1, 0.15) is 23.2 Å². The van der Waals surface area contributed by atoms with E-state index in [1.807, 2.05) is 0 Å². The van der Waals surface area contributed by atoms with Crippen molar-refractivity contribution < 1.29 is 18.7 Å². The standard InChI is InChI=1S/C18H16ClFN2O3/c19-15-9-14(7-8-16(15)20)25-10-17(23)21-12-3-1-11(2-4-12)18(24)22-13-5-6-13/h1-4,7-9,13H,5-6,10H2,(H,21,23)(H,22,24). The minimum Gasteiger partial charge on any atom is -0.484 e. The number of nitrogens with one attached hydrogen (secondary N) is 2. The summed E-state index contributed by atoms with van der Waals surface area (Å²) >= 11 is 5.65. The summed E-state index contributed by atoms with van der Waals surface area (Å²) < 4.78 is 18.3. The van der Waals surface area contributed by atoms with Gasteiger partial charge in [-0.1, -0.05) is 11.6 Å². The lowest BCUT2D eigenvalue weighted by Gasteiger charge is -2.09. The summed E-state index contributed by atoms with van der Waals surface area (Å²) in [5.41, 5.74) is 1.09. The van der Waals surface area contributed by atoms with E-state index in [1.165, 1.54) is 18.2 Å². The van der Waals surface area contributed by atoms with Gasteiger partial charge in [0.2, 0.25) is 0 Å². The second-order valence-electron chi connectivity index (χ2n) is 5.74. The molecule has 130 valence electrons. The molecule has 2 aromatic carbocycles. The summed E-state index contributed by atoms with van der Waals surface area (Å²) in [5.74, 6) is -0.745. The number of halogens is 2. The number of amides is 2. The lowest BCUT2D eigenvalue weighted by molar-refractivity contribution is -0.118. The molecule has 2 amide bonds. The number of benzene rings is 2. The second-order valence-corrected chi connectivity index (χ2v) is 6.15. The van der Waals surface area contributed by atoms with Crippen LogP contribution in [0.2, 0.25) is 5.02 Å². The molecule has 7 heteroatoms. The Kier molecular flexibility index (Phi) is 5.19. The maximum atomic E-state index is 13.1. The van der Waals surface area contributed by atoms with E-state index in [-0.39, 0.29) is 23.4 Å². The fraction of sp³-hybridized carbons (Fsp3) is 0.222. The molecule has 1 aliphatic rings. The molecule has 0 heterocycles. The van der Waals surface area contributed by atoms with Gasteiger partial charge in [-0.15, -0.1) is 0 Å². The number of carbonyl (C=O) groups excluding carboxylic acids is 2. The Hall–Kier alpha value is -2.60. The number of hydrogen-bond acceptors (Lipinski definition) is 3. The fourth-order valence-corrected chi connectivity index (χ4v) is 2.28. The van der Waals surface area contributed by atoms with Crippen LogP contribution >= 0.6 is 11.6 Å². The van der Waals surface area contributed by atoms with Crippen LogP contribution in [0.15, 0.2) is 42.5 Å². The molecular weight excluding hydrogens is 347 g/mol. The maximum Gasteiger partial charge on any atom is 0.262 e. The molecule has 25 heavy (non-hydrogen) atoms. The molecule has 1 saturated carbocycles. The van der Waals surface area contributed by atoms with Gasteiger partial charge in [0.1, 0.15) is 11.6 Å². The highest BCUT2D eigenvalue weighted by molar-refractivity contribution is 6.30. The monoisotopic (exact) mass is 362 g/mol. The Morgan fingerprint density at radius 2 is 1.88 bits per heavy atom. The number of ether oxygens (including phenoxy) is 1.